The van der Waals surface area contributed by atoms with E-state index in [-0.39, 0.29) is 5.91 Å². The van der Waals surface area contributed by atoms with E-state index in [0.717, 1.165) is 26.8 Å². The topological polar surface area (TPSA) is 70.7 Å². The van der Waals surface area contributed by atoms with Crippen LogP contribution < -0.4 is 5.32 Å². The fourth-order valence-electron chi connectivity index (χ4n) is 2.21. The molecule has 3 aromatic heterocycles. The van der Waals surface area contributed by atoms with Gasteiger partial charge in [0.15, 0.2) is 0 Å². The number of thiazole rings is 1. The van der Waals surface area contributed by atoms with Crippen molar-refractivity contribution in [2.75, 3.05) is 0 Å². The molecule has 0 saturated heterocycles. The fourth-order valence-corrected chi connectivity index (χ4v) is 3.95. The number of aryl methyl sites for hydroxylation is 1. The molecule has 23 heavy (non-hydrogen) atoms. The van der Waals surface area contributed by atoms with E-state index in [4.69, 9.17) is 0 Å². The van der Waals surface area contributed by atoms with E-state index in [0.29, 0.717) is 17.3 Å². The molecule has 0 atom stereocenters. The summed E-state index contributed by atoms with van der Waals surface area (Å²) in [5, 5.41) is 13.1. The molecule has 1 amide bonds. The van der Waals surface area contributed by atoms with Crippen LogP contribution in [-0.2, 0) is 6.54 Å². The van der Waals surface area contributed by atoms with E-state index in [9.17, 15) is 4.79 Å². The first kappa shape index (κ1) is 15.9. The first-order valence-electron chi connectivity index (χ1n) is 7.38. The molecule has 0 aromatic carbocycles. The molecular formula is C16H18N4OS2. The lowest BCUT2D eigenvalue weighted by atomic mass is 10.2. The Hall–Kier alpha value is -1.99. The second-order valence-corrected chi connectivity index (χ2v) is 7.53. The summed E-state index contributed by atoms with van der Waals surface area (Å²) in [6.07, 6.45) is 1.76. The quantitative estimate of drug-likeness (QED) is 0.735. The van der Waals surface area contributed by atoms with Gasteiger partial charge in [-0.25, -0.2) is 4.98 Å². The minimum Gasteiger partial charge on any atom is -0.347 e. The monoisotopic (exact) mass is 346 g/mol. The summed E-state index contributed by atoms with van der Waals surface area (Å²) in [6.45, 7) is 6.49. The van der Waals surface area contributed by atoms with Crippen molar-refractivity contribution in [2.45, 2.75) is 33.2 Å². The number of aromatic amines is 1. The van der Waals surface area contributed by atoms with Crippen LogP contribution in [0.25, 0.3) is 10.6 Å². The number of thiophene rings is 1. The van der Waals surface area contributed by atoms with Crippen LogP contribution in [0.4, 0.5) is 0 Å². The molecule has 7 heteroatoms. The summed E-state index contributed by atoms with van der Waals surface area (Å²) in [4.78, 5) is 18.7. The van der Waals surface area contributed by atoms with Crippen molar-refractivity contribution in [3.63, 3.8) is 0 Å². The number of nitrogens with zero attached hydrogens (tertiary/aromatic N) is 2. The molecule has 2 N–H and O–H groups in total. The largest absolute Gasteiger partial charge is 0.347 e. The highest BCUT2D eigenvalue weighted by atomic mass is 32.1. The minimum atomic E-state index is -0.0785. The van der Waals surface area contributed by atoms with E-state index in [1.165, 1.54) is 11.3 Å². The number of carbonyl (C=O) groups is 1. The molecule has 0 fully saturated rings. The van der Waals surface area contributed by atoms with Gasteiger partial charge < -0.3 is 5.32 Å². The Balaban J connectivity index is 1.72. The predicted molar refractivity (Wildman–Crippen MR) is 94.0 cm³/mol. The molecule has 3 aromatic rings. The zero-order valence-corrected chi connectivity index (χ0v) is 14.8. The molecule has 5 nitrogen and oxygen atoms in total. The zero-order chi connectivity index (χ0) is 16.4. The Morgan fingerprint density at radius 1 is 1.43 bits per heavy atom. The van der Waals surface area contributed by atoms with Gasteiger partial charge in [0.25, 0.3) is 5.91 Å². The maximum absolute atomic E-state index is 12.4. The Morgan fingerprint density at radius 2 is 2.26 bits per heavy atom. The van der Waals surface area contributed by atoms with Crippen LogP contribution in [0.3, 0.4) is 0 Å². The molecule has 120 valence electrons. The number of aromatic nitrogens is 3. The summed E-state index contributed by atoms with van der Waals surface area (Å²) < 4.78 is 0. The first-order valence-corrected chi connectivity index (χ1v) is 9.07. The average molecular weight is 346 g/mol. The maximum atomic E-state index is 12.4. The third-order valence-electron chi connectivity index (χ3n) is 3.44. The van der Waals surface area contributed by atoms with Gasteiger partial charge in [0, 0.05) is 18.0 Å². The molecular weight excluding hydrogens is 328 g/mol. The Morgan fingerprint density at radius 3 is 2.91 bits per heavy atom. The zero-order valence-electron chi connectivity index (χ0n) is 13.2. The number of carbonyl (C=O) groups excluding carboxylic acids is 1. The van der Waals surface area contributed by atoms with Crippen molar-refractivity contribution in [3.8, 4) is 10.6 Å². The van der Waals surface area contributed by atoms with Crippen LogP contribution in [0.2, 0.25) is 0 Å². The molecule has 0 aliphatic rings. The van der Waals surface area contributed by atoms with Crippen LogP contribution in [-0.4, -0.2) is 21.1 Å². The molecule has 0 aliphatic carbocycles. The van der Waals surface area contributed by atoms with Gasteiger partial charge in [0.1, 0.15) is 4.88 Å². The van der Waals surface area contributed by atoms with Crippen LogP contribution in [0, 0.1) is 6.92 Å². The maximum Gasteiger partial charge on any atom is 0.263 e. The molecule has 3 rings (SSSR count). The van der Waals surface area contributed by atoms with E-state index >= 15 is 0 Å². The highest BCUT2D eigenvalue weighted by molar-refractivity contribution is 7.14. The fraction of sp³-hybridized carbons (Fsp3) is 0.312. The van der Waals surface area contributed by atoms with Crippen molar-refractivity contribution in [1.29, 1.82) is 0 Å². The standard InChI is InChI=1S/C16H18N4OS2/c1-9(2)16-19-10(3)14(23-16)15(21)17-7-11-8-18-20-13(11)12-5-4-6-22-12/h4-6,8-9H,7H2,1-3H3,(H,17,21)(H,18,20). The third kappa shape index (κ3) is 3.35. The molecule has 0 unspecified atom stereocenters. The van der Waals surface area contributed by atoms with Gasteiger partial charge in [-0.3, -0.25) is 9.89 Å². The SMILES string of the molecule is Cc1nc(C(C)C)sc1C(=O)NCc1cn[nH]c1-c1cccs1. The van der Waals surface area contributed by atoms with E-state index in [1.54, 1.807) is 17.5 Å². The highest BCUT2D eigenvalue weighted by Gasteiger charge is 2.17. The summed E-state index contributed by atoms with van der Waals surface area (Å²) >= 11 is 3.11. The number of rotatable bonds is 5. The van der Waals surface area contributed by atoms with E-state index < -0.39 is 0 Å². The predicted octanol–water partition coefficient (Wildman–Crippen LogP) is 3.96. The minimum absolute atomic E-state index is 0.0785. The number of hydrogen-bond acceptors (Lipinski definition) is 5. The summed E-state index contributed by atoms with van der Waals surface area (Å²) in [5.74, 6) is 0.254. The normalized spacial score (nSPS) is 11.1. The number of H-pyrrole nitrogens is 1. The van der Waals surface area contributed by atoms with Crippen molar-refractivity contribution in [1.82, 2.24) is 20.5 Å². The Labute approximate surface area is 142 Å². The molecule has 0 aliphatic heterocycles. The van der Waals surface area contributed by atoms with Crippen molar-refractivity contribution in [2.24, 2.45) is 0 Å². The van der Waals surface area contributed by atoms with Crippen molar-refractivity contribution >= 4 is 28.6 Å². The smallest absolute Gasteiger partial charge is 0.263 e. The lowest BCUT2D eigenvalue weighted by molar-refractivity contribution is 0.0954. The molecule has 0 radical (unpaired) electrons. The van der Waals surface area contributed by atoms with Crippen LogP contribution in [0.5, 0.6) is 0 Å². The van der Waals surface area contributed by atoms with Crippen molar-refractivity contribution in [3.05, 3.63) is 44.9 Å². The second kappa shape index (κ2) is 6.64. The Bertz CT molecular complexity index is 802. The highest BCUT2D eigenvalue weighted by Crippen LogP contribution is 2.27. The molecule has 0 saturated carbocycles. The van der Waals surface area contributed by atoms with Crippen LogP contribution >= 0.6 is 22.7 Å². The van der Waals surface area contributed by atoms with Crippen LogP contribution in [0.1, 0.15) is 45.7 Å². The van der Waals surface area contributed by atoms with Crippen molar-refractivity contribution < 1.29 is 4.79 Å². The first-order chi connectivity index (χ1) is 11.1. The molecule has 0 spiro atoms. The van der Waals surface area contributed by atoms with Gasteiger partial charge in [-0.05, 0) is 18.4 Å². The molecule has 0 bridgehead atoms. The van der Waals surface area contributed by atoms with E-state index in [2.05, 4.69) is 34.3 Å². The van der Waals surface area contributed by atoms with Gasteiger partial charge in [0.05, 0.1) is 27.5 Å². The number of hydrogen-bond donors (Lipinski definition) is 2. The van der Waals surface area contributed by atoms with Gasteiger partial charge in [0.2, 0.25) is 0 Å². The lowest BCUT2D eigenvalue weighted by Gasteiger charge is -2.04. The third-order valence-corrected chi connectivity index (χ3v) is 5.78. The van der Waals surface area contributed by atoms with Gasteiger partial charge >= 0.3 is 0 Å². The average Bonchev–Trinajstić information content (AvgIpc) is 3.24. The molecule has 3 heterocycles. The van der Waals surface area contributed by atoms with Gasteiger partial charge in [-0.2, -0.15) is 5.10 Å². The lowest BCUT2D eigenvalue weighted by Crippen LogP contribution is -2.22. The van der Waals surface area contributed by atoms with Gasteiger partial charge in [-0.15, -0.1) is 22.7 Å². The number of nitrogens with one attached hydrogen (secondary N) is 2. The van der Waals surface area contributed by atoms with E-state index in [1.807, 2.05) is 24.4 Å². The second-order valence-electron chi connectivity index (χ2n) is 5.55. The Kier molecular flexibility index (Phi) is 4.58. The number of amides is 1. The van der Waals surface area contributed by atoms with Gasteiger partial charge in [-0.1, -0.05) is 19.9 Å². The summed E-state index contributed by atoms with van der Waals surface area (Å²) in [5.41, 5.74) is 2.73. The van der Waals surface area contributed by atoms with Crippen LogP contribution in [0.15, 0.2) is 23.7 Å². The summed E-state index contributed by atoms with van der Waals surface area (Å²) in [6, 6.07) is 4.03. The summed E-state index contributed by atoms with van der Waals surface area (Å²) in [7, 11) is 0.